The summed E-state index contributed by atoms with van der Waals surface area (Å²) in [5.41, 5.74) is 1.90. The van der Waals surface area contributed by atoms with Crippen molar-refractivity contribution in [3.63, 3.8) is 0 Å². The van der Waals surface area contributed by atoms with E-state index in [1.807, 2.05) is 6.07 Å². The molecular weight excluding hydrogens is 286 g/mol. The highest BCUT2D eigenvalue weighted by Gasteiger charge is 2.13. The summed E-state index contributed by atoms with van der Waals surface area (Å²) in [6.45, 7) is 5.88. The van der Waals surface area contributed by atoms with Crippen LogP contribution in [0.5, 0.6) is 0 Å². The zero-order valence-electron chi connectivity index (χ0n) is 9.59. The summed E-state index contributed by atoms with van der Waals surface area (Å²) in [5.74, 6) is 0. The molecule has 0 unspecified atom stereocenters. The summed E-state index contributed by atoms with van der Waals surface area (Å²) < 4.78 is 0.747. The summed E-state index contributed by atoms with van der Waals surface area (Å²) >= 11 is 3.40. The van der Waals surface area contributed by atoms with Crippen molar-refractivity contribution in [3.05, 3.63) is 21.8 Å². The summed E-state index contributed by atoms with van der Waals surface area (Å²) in [7, 11) is 0. The predicted molar refractivity (Wildman–Crippen MR) is 67.6 cm³/mol. The molecule has 0 saturated carbocycles. The highest BCUT2D eigenvalue weighted by atomic mass is 79.9. The highest BCUT2D eigenvalue weighted by Crippen LogP contribution is 2.26. The summed E-state index contributed by atoms with van der Waals surface area (Å²) in [5, 5.41) is 22.1. The number of hydrogen-bond acceptors (Lipinski definition) is 5. The number of halogens is 1. The van der Waals surface area contributed by atoms with Crippen molar-refractivity contribution < 1.29 is 4.85 Å². The van der Waals surface area contributed by atoms with Crippen molar-refractivity contribution in [1.29, 1.82) is 0 Å². The molecule has 0 aliphatic rings. The molecule has 0 spiro atoms. The third-order valence-corrected chi connectivity index (χ3v) is 3.23. The fourth-order valence-electron chi connectivity index (χ4n) is 1.74. The first-order chi connectivity index (χ1) is 8.17. The van der Waals surface area contributed by atoms with Crippen LogP contribution >= 0.6 is 15.9 Å². The van der Waals surface area contributed by atoms with Crippen LogP contribution in [0.15, 0.2) is 16.6 Å². The lowest BCUT2D eigenvalue weighted by atomic mass is 10.2. The van der Waals surface area contributed by atoms with E-state index in [4.69, 9.17) is 0 Å². The molecule has 0 bridgehead atoms. The van der Waals surface area contributed by atoms with Crippen LogP contribution in [0.2, 0.25) is 0 Å². The van der Waals surface area contributed by atoms with Crippen molar-refractivity contribution in [1.82, 2.24) is 15.5 Å². The number of benzene rings is 1. The average Bonchev–Trinajstić information content (AvgIpc) is 2.32. The van der Waals surface area contributed by atoms with Crippen LogP contribution < -0.4 is 9.75 Å². The van der Waals surface area contributed by atoms with Crippen molar-refractivity contribution >= 4 is 32.7 Å². The summed E-state index contributed by atoms with van der Waals surface area (Å²) in [6.07, 6.45) is 0. The molecule has 1 aromatic carbocycles. The van der Waals surface area contributed by atoms with Crippen molar-refractivity contribution in [2.24, 2.45) is 0 Å². The first-order valence-corrected chi connectivity index (χ1v) is 6.14. The van der Waals surface area contributed by atoms with Crippen LogP contribution in [-0.2, 0) is 0 Å². The molecular formula is C10H12BrN5O. The maximum Gasteiger partial charge on any atom is 0.204 e. The van der Waals surface area contributed by atoms with E-state index in [1.165, 1.54) is 0 Å². The Morgan fingerprint density at radius 2 is 2.06 bits per heavy atom. The van der Waals surface area contributed by atoms with Gasteiger partial charge in [0.2, 0.25) is 5.21 Å². The van der Waals surface area contributed by atoms with E-state index in [-0.39, 0.29) is 0 Å². The second-order valence-electron chi connectivity index (χ2n) is 3.52. The molecule has 0 aliphatic carbocycles. The molecule has 1 heterocycles. The summed E-state index contributed by atoms with van der Waals surface area (Å²) in [6, 6.07) is 3.71. The molecule has 0 radical (unpaired) electrons. The summed E-state index contributed by atoms with van der Waals surface area (Å²) in [4.78, 5) is 2.63. The number of nitrogens with zero attached hydrogens (tertiary/aromatic N) is 5. The number of aromatic nitrogens is 4. The maximum atomic E-state index is 11.5. The SMILES string of the molecule is CCN(CC)c1cc(Br)c2nnn[n+]([O-])c2c1. The molecule has 0 saturated heterocycles. The smallest absolute Gasteiger partial charge is 0.204 e. The molecule has 6 nitrogen and oxygen atoms in total. The molecule has 2 aromatic rings. The van der Waals surface area contributed by atoms with Gasteiger partial charge in [0.05, 0.1) is 4.47 Å². The average molecular weight is 298 g/mol. The Hall–Kier alpha value is -1.50. The van der Waals surface area contributed by atoms with Crippen LogP contribution in [0.3, 0.4) is 0 Å². The minimum atomic E-state index is 0.413. The number of fused-ring (bicyclic) bond motifs is 1. The van der Waals surface area contributed by atoms with Crippen LogP contribution in [0, 0.1) is 5.21 Å². The Labute approximate surface area is 107 Å². The monoisotopic (exact) mass is 297 g/mol. The highest BCUT2D eigenvalue weighted by molar-refractivity contribution is 9.10. The predicted octanol–water partition coefficient (Wildman–Crippen LogP) is 1.27. The van der Waals surface area contributed by atoms with Gasteiger partial charge in [-0.2, -0.15) is 0 Å². The Kier molecular flexibility index (Phi) is 3.37. The van der Waals surface area contributed by atoms with Crippen molar-refractivity contribution in [2.75, 3.05) is 18.0 Å². The third-order valence-electron chi connectivity index (χ3n) is 2.63. The number of hydrogen-bond donors (Lipinski definition) is 0. The normalized spacial score (nSPS) is 10.8. The standard InChI is InChI=1S/C10H12BrN5O/c1-3-15(4-2)7-5-8(11)10-9(6-7)16(17)14-13-12-10/h5-6H,3-4H2,1-2H3. The van der Waals surface area contributed by atoms with Gasteiger partial charge < -0.3 is 10.1 Å². The fourth-order valence-corrected chi connectivity index (χ4v) is 2.25. The van der Waals surface area contributed by atoms with Gasteiger partial charge in [0.25, 0.3) is 0 Å². The lowest BCUT2D eigenvalue weighted by Gasteiger charge is -2.21. The molecule has 0 amide bonds. The van der Waals surface area contributed by atoms with Crippen LogP contribution in [0.25, 0.3) is 11.0 Å². The molecule has 90 valence electrons. The van der Waals surface area contributed by atoms with E-state index in [0.29, 0.717) is 15.9 Å². The van der Waals surface area contributed by atoms with Gasteiger partial charge >= 0.3 is 0 Å². The second-order valence-corrected chi connectivity index (χ2v) is 4.37. The zero-order valence-corrected chi connectivity index (χ0v) is 11.2. The van der Waals surface area contributed by atoms with Crippen LogP contribution in [-0.4, -0.2) is 28.6 Å². The third kappa shape index (κ3) is 2.14. The first-order valence-electron chi connectivity index (χ1n) is 5.34. The molecule has 0 N–H and O–H groups in total. The molecule has 1 aromatic heterocycles. The quantitative estimate of drug-likeness (QED) is 0.630. The minimum Gasteiger partial charge on any atom is -0.691 e. The topological polar surface area (TPSA) is 68.9 Å². The van der Waals surface area contributed by atoms with Crippen LogP contribution in [0.1, 0.15) is 13.8 Å². The molecule has 7 heteroatoms. The lowest BCUT2D eigenvalue weighted by molar-refractivity contribution is -0.649. The molecule has 2 rings (SSSR count). The Morgan fingerprint density at radius 3 is 2.71 bits per heavy atom. The minimum absolute atomic E-state index is 0.413. The number of anilines is 1. The molecule has 17 heavy (non-hydrogen) atoms. The van der Waals surface area contributed by atoms with E-state index in [0.717, 1.165) is 23.2 Å². The van der Waals surface area contributed by atoms with Gasteiger partial charge in [-0.05, 0) is 40.9 Å². The first kappa shape index (κ1) is 12.0. The van der Waals surface area contributed by atoms with E-state index in [1.54, 1.807) is 6.07 Å². The Bertz CT molecular complexity index is 543. The van der Waals surface area contributed by atoms with Gasteiger partial charge in [-0.1, -0.05) is 0 Å². The Balaban J connectivity index is 2.65. The van der Waals surface area contributed by atoms with Gasteiger partial charge in [-0.25, -0.2) is 0 Å². The van der Waals surface area contributed by atoms with E-state index >= 15 is 0 Å². The second kappa shape index (κ2) is 4.79. The number of rotatable bonds is 3. The van der Waals surface area contributed by atoms with Crippen molar-refractivity contribution in [3.8, 4) is 0 Å². The lowest BCUT2D eigenvalue weighted by Crippen LogP contribution is -2.34. The van der Waals surface area contributed by atoms with Crippen molar-refractivity contribution in [2.45, 2.75) is 13.8 Å². The van der Waals surface area contributed by atoms with E-state index in [9.17, 15) is 5.21 Å². The van der Waals surface area contributed by atoms with Gasteiger partial charge in [0.15, 0.2) is 16.2 Å². The maximum absolute atomic E-state index is 11.5. The van der Waals surface area contributed by atoms with Gasteiger partial charge in [-0.15, -0.1) is 4.85 Å². The largest absolute Gasteiger partial charge is 0.691 e. The van der Waals surface area contributed by atoms with Gasteiger partial charge in [0.1, 0.15) is 0 Å². The van der Waals surface area contributed by atoms with E-state index < -0.39 is 0 Å². The van der Waals surface area contributed by atoms with Crippen LogP contribution in [0.4, 0.5) is 5.69 Å². The van der Waals surface area contributed by atoms with E-state index in [2.05, 4.69) is 50.2 Å². The van der Waals surface area contributed by atoms with Gasteiger partial charge in [0, 0.05) is 24.8 Å². The Morgan fingerprint density at radius 1 is 1.35 bits per heavy atom. The zero-order chi connectivity index (χ0) is 12.4. The van der Waals surface area contributed by atoms with Gasteiger partial charge in [-0.3, -0.25) is 0 Å². The molecule has 0 fully saturated rings. The fraction of sp³-hybridized carbons (Fsp3) is 0.400. The molecule has 0 aliphatic heterocycles. The molecule has 0 atom stereocenters.